The van der Waals surface area contributed by atoms with E-state index in [2.05, 4.69) is 5.32 Å². The van der Waals surface area contributed by atoms with Crippen LogP contribution in [0.2, 0.25) is 0 Å². The van der Waals surface area contributed by atoms with Crippen molar-refractivity contribution in [3.8, 4) is 0 Å². The van der Waals surface area contributed by atoms with Gasteiger partial charge in [-0.05, 0) is 19.9 Å². The Labute approximate surface area is 83.9 Å². The zero-order valence-corrected chi connectivity index (χ0v) is 9.53. The van der Waals surface area contributed by atoms with Gasteiger partial charge in [-0.25, -0.2) is 0 Å². The van der Waals surface area contributed by atoms with E-state index in [1.54, 1.807) is 0 Å². The number of rotatable bonds is 2. The van der Waals surface area contributed by atoms with E-state index in [0.717, 1.165) is 6.42 Å². The summed E-state index contributed by atoms with van der Waals surface area (Å²) in [6.45, 7) is 0. The van der Waals surface area contributed by atoms with Crippen molar-refractivity contribution in [2.75, 3.05) is 13.3 Å². The van der Waals surface area contributed by atoms with Crippen molar-refractivity contribution in [1.29, 1.82) is 0 Å². The second kappa shape index (κ2) is 5.76. The van der Waals surface area contributed by atoms with Gasteiger partial charge < -0.3 is 5.32 Å². The van der Waals surface area contributed by atoms with E-state index in [9.17, 15) is 4.21 Å². The molecule has 1 N–H and O–H groups in total. The predicted octanol–water partition coefficient (Wildman–Crippen LogP) is 1.68. The molecule has 0 saturated heterocycles. The highest BCUT2D eigenvalue weighted by molar-refractivity contribution is 7.85. The summed E-state index contributed by atoms with van der Waals surface area (Å²) in [6, 6.07) is 0.478. The highest BCUT2D eigenvalue weighted by atomic mass is 32.2. The van der Waals surface area contributed by atoms with Crippen LogP contribution in [0.4, 0.5) is 0 Å². The molecular formula is C10H21NOS. The van der Waals surface area contributed by atoms with Gasteiger partial charge in [-0.2, -0.15) is 0 Å². The topological polar surface area (TPSA) is 29.1 Å². The Balaban J connectivity index is 2.55. The van der Waals surface area contributed by atoms with Gasteiger partial charge in [0.2, 0.25) is 0 Å². The Hall–Kier alpha value is 0.110. The molecule has 3 atom stereocenters. The number of nitrogens with one attached hydrogen (secondary N) is 1. The Morgan fingerprint density at radius 2 is 1.77 bits per heavy atom. The van der Waals surface area contributed by atoms with Gasteiger partial charge in [0, 0.05) is 28.3 Å². The summed E-state index contributed by atoms with van der Waals surface area (Å²) >= 11 is 0. The lowest BCUT2D eigenvalue weighted by Crippen LogP contribution is -2.40. The molecule has 1 rings (SSSR count). The van der Waals surface area contributed by atoms with Crippen molar-refractivity contribution in [2.24, 2.45) is 0 Å². The van der Waals surface area contributed by atoms with Crippen molar-refractivity contribution in [1.82, 2.24) is 5.32 Å². The van der Waals surface area contributed by atoms with Gasteiger partial charge in [0.25, 0.3) is 0 Å². The van der Waals surface area contributed by atoms with Crippen LogP contribution in [-0.4, -0.2) is 28.8 Å². The van der Waals surface area contributed by atoms with Crippen LogP contribution in [0, 0.1) is 0 Å². The van der Waals surface area contributed by atoms with Gasteiger partial charge >= 0.3 is 0 Å². The maximum absolute atomic E-state index is 11.5. The van der Waals surface area contributed by atoms with Crippen LogP contribution in [0.5, 0.6) is 0 Å². The van der Waals surface area contributed by atoms with Crippen molar-refractivity contribution >= 4 is 10.8 Å². The Morgan fingerprint density at radius 1 is 1.15 bits per heavy atom. The first-order valence-electron chi connectivity index (χ1n) is 5.25. The standard InChI is InChI=1S/C10H21NOS/c1-11-9-7-5-3-4-6-8-10(9)13(2)12/h9-11H,3-8H2,1-2H3. The summed E-state index contributed by atoms with van der Waals surface area (Å²) in [4.78, 5) is 0. The van der Waals surface area contributed by atoms with Gasteiger partial charge in [-0.15, -0.1) is 0 Å². The van der Waals surface area contributed by atoms with Crippen molar-refractivity contribution in [2.45, 2.75) is 49.8 Å². The molecule has 0 radical (unpaired) electrons. The maximum Gasteiger partial charge on any atom is 0.0498 e. The summed E-state index contributed by atoms with van der Waals surface area (Å²) in [7, 11) is 1.33. The molecule has 0 aliphatic heterocycles. The predicted molar refractivity (Wildman–Crippen MR) is 58.4 cm³/mol. The van der Waals surface area contributed by atoms with Gasteiger partial charge in [-0.3, -0.25) is 4.21 Å². The highest BCUT2D eigenvalue weighted by Crippen LogP contribution is 2.20. The molecule has 0 aromatic heterocycles. The van der Waals surface area contributed by atoms with Crippen LogP contribution in [0.25, 0.3) is 0 Å². The summed E-state index contributed by atoms with van der Waals surface area (Å²) in [5.74, 6) is 0. The minimum absolute atomic E-state index is 0.380. The van der Waals surface area contributed by atoms with Gasteiger partial charge in [-0.1, -0.05) is 25.7 Å². The Kier molecular flexibility index (Phi) is 4.96. The van der Waals surface area contributed by atoms with E-state index in [-0.39, 0.29) is 0 Å². The molecule has 13 heavy (non-hydrogen) atoms. The van der Waals surface area contributed by atoms with E-state index in [1.807, 2.05) is 13.3 Å². The molecule has 0 spiro atoms. The average molecular weight is 203 g/mol. The molecule has 1 aliphatic carbocycles. The van der Waals surface area contributed by atoms with Gasteiger partial charge in [0.05, 0.1) is 0 Å². The van der Waals surface area contributed by atoms with Crippen LogP contribution in [-0.2, 0) is 10.8 Å². The van der Waals surface area contributed by atoms with E-state index in [0.29, 0.717) is 11.3 Å². The molecule has 3 heteroatoms. The molecule has 1 saturated carbocycles. The fourth-order valence-corrected chi connectivity index (χ4v) is 3.41. The first-order chi connectivity index (χ1) is 6.25. The highest BCUT2D eigenvalue weighted by Gasteiger charge is 2.23. The van der Waals surface area contributed by atoms with Crippen molar-refractivity contribution in [3.63, 3.8) is 0 Å². The van der Waals surface area contributed by atoms with E-state index < -0.39 is 10.8 Å². The number of hydrogen-bond acceptors (Lipinski definition) is 2. The normalized spacial score (nSPS) is 33.4. The third-order valence-corrected chi connectivity index (χ3v) is 4.42. The minimum Gasteiger partial charge on any atom is -0.316 e. The van der Waals surface area contributed by atoms with Crippen LogP contribution >= 0.6 is 0 Å². The molecule has 2 nitrogen and oxygen atoms in total. The molecule has 0 heterocycles. The zero-order valence-electron chi connectivity index (χ0n) is 8.71. The lowest BCUT2D eigenvalue weighted by Gasteiger charge is -2.27. The number of hydrogen-bond donors (Lipinski definition) is 1. The van der Waals surface area contributed by atoms with E-state index in [4.69, 9.17) is 0 Å². The molecule has 1 fully saturated rings. The summed E-state index contributed by atoms with van der Waals surface area (Å²) in [5, 5.41) is 3.69. The van der Waals surface area contributed by atoms with Crippen LogP contribution in [0.3, 0.4) is 0 Å². The largest absolute Gasteiger partial charge is 0.316 e. The van der Waals surface area contributed by atoms with Gasteiger partial charge in [0.1, 0.15) is 0 Å². The SMILES string of the molecule is CNC1CCCCCCC1S(C)=O. The van der Waals surface area contributed by atoms with Crippen LogP contribution in [0.15, 0.2) is 0 Å². The third kappa shape index (κ3) is 3.39. The quantitative estimate of drug-likeness (QED) is 0.740. The van der Waals surface area contributed by atoms with Crippen molar-refractivity contribution in [3.05, 3.63) is 0 Å². The second-order valence-electron chi connectivity index (χ2n) is 3.92. The molecule has 0 aromatic rings. The van der Waals surface area contributed by atoms with Crippen LogP contribution < -0.4 is 5.32 Å². The summed E-state index contributed by atoms with van der Waals surface area (Å²) in [6.07, 6.45) is 9.39. The maximum atomic E-state index is 11.5. The van der Waals surface area contributed by atoms with Gasteiger partial charge in [0.15, 0.2) is 0 Å². The zero-order chi connectivity index (χ0) is 9.68. The fraction of sp³-hybridized carbons (Fsp3) is 1.00. The lowest BCUT2D eigenvalue weighted by atomic mass is 9.96. The smallest absolute Gasteiger partial charge is 0.0498 e. The summed E-state index contributed by atoms with van der Waals surface area (Å²) < 4.78 is 11.5. The first kappa shape index (κ1) is 11.2. The molecule has 0 bridgehead atoms. The van der Waals surface area contributed by atoms with Crippen LogP contribution in [0.1, 0.15) is 38.5 Å². The molecule has 0 amide bonds. The van der Waals surface area contributed by atoms with Crippen molar-refractivity contribution < 1.29 is 4.21 Å². The van der Waals surface area contributed by atoms with E-state index >= 15 is 0 Å². The minimum atomic E-state index is -0.663. The Morgan fingerprint density at radius 3 is 2.31 bits per heavy atom. The average Bonchev–Trinajstić information content (AvgIpc) is 2.03. The van der Waals surface area contributed by atoms with E-state index in [1.165, 1.54) is 32.1 Å². The molecule has 3 unspecified atom stereocenters. The first-order valence-corrected chi connectivity index (χ1v) is 6.87. The molecule has 78 valence electrons. The summed E-state index contributed by atoms with van der Waals surface area (Å²) in [5.41, 5.74) is 0. The molecule has 0 aromatic carbocycles. The monoisotopic (exact) mass is 203 g/mol. The fourth-order valence-electron chi connectivity index (χ4n) is 2.18. The lowest BCUT2D eigenvalue weighted by molar-refractivity contribution is 0.415. The third-order valence-electron chi connectivity index (χ3n) is 3.00. The molecule has 1 aliphatic rings. The second-order valence-corrected chi connectivity index (χ2v) is 5.53. The Bertz CT molecular complexity index is 172. The molecular weight excluding hydrogens is 182 g/mol.